The molecule has 0 spiro atoms. The van der Waals surface area contributed by atoms with E-state index < -0.39 is 9.84 Å². The van der Waals surface area contributed by atoms with Gasteiger partial charge in [0.25, 0.3) is 5.91 Å². The van der Waals surface area contributed by atoms with E-state index in [4.69, 9.17) is 9.47 Å². The highest BCUT2D eigenvalue weighted by Crippen LogP contribution is 2.34. The molecular weight excluding hydrogens is 466 g/mol. The first-order valence-electron chi connectivity index (χ1n) is 11.4. The molecule has 1 N–H and O–H groups in total. The van der Waals surface area contributed by atoms with Gasteiger partial charge in [-0.05, 0) is 61.4 Å². The summed E-state index contributed by atoms with van der Waals surface area (Å²) in [7, 11) is -3.41. The number of hydrogen-bond donors (Lipinski definition) is 1. The largest absolute Gasteiger partial charge is 0.476 e. The van der Waals surface area contributed by atoms with Crippen LogP contribution in [0.25, 0.3) is 11.1 Å². The number of hydrogen-bond acceptors (Lipinski definition) is 7. The third kappa shape index (κ3) is 5.80. The minimum Gasteiger partial charge on any atom is -0.476 e. The number of sulfone groups is 1. The number of rotatable bonds is 7. The summed E-state index contributed by atoms with van der Waals surface area (Å²) in [6.45, 7) is 7.26. The van der Waals surface area contributed by atoms with E-state index in [-0.39, 0.29) is 16.4 Å². The number of anilines is 2. The molecule has 1 aliphatic heterocycles. The Balaban J connectivity index is 1.64. The highest BCUT2D eigenvalue weighted by atomic mass is 32.2. The van der Waals surface area contributed by atoms with Crippen molar-refractivity contribution in [3.05, 3.63) is 65.9 Å². The molecule has 0 unspecified atom stereocenters. The fourth-order valence-electron chi connectivity index (χ4n) is 3.95. The molecule has 1 fully saturated rings. The van der Waals surface area contributed by atoms with Crippen molar-refractivity contribution < 1.29 is 22.7 Å². The lowest BCUT2D eigenvalue weighted by Gasteiger charge is -2.30. The Bertz CT molecular complexity index is 1330. The maximum Gasteiger partial charge on any atom is 0.255 e. The zero-order valence-corrected chi connectivity index (χ0v) is 20.9. The van der Waals surface area contributed by atoms with Crippen LogP contribution in [0.2, 0.25) is 0 Å². The summed E-state index contributed by atoms with van der Waals surface area (Å²) in [4.78, 5) is 19.7. The van der Waals surface area contributed by atoms with Crippen LogP contribution in [0, 0.1) is 6.92 Å². The zero-order chi connectivity index (χ0) is 25.0. The Morgan fingerprint density at radius 1 is 1.14 bits per heavy atom. The van der Waals surface area contributed by atoms with E-state index in [2.05, 4.69) is 21.3 Å². The molecule has 9 heteroatoms. The minimum absolute atomic E-state index is 0.103. The fourth-order valence-corrected chi connectivity index (χ4v) is 4.62. The van der Waals surface area contributed by atoms with Gasteiger partial charge in [0.2, 0.25) is 5.88 Å². The van der Waals surface area contributed by atoms with Gasteiger partial charge in [0, 0.05) is 42.4 Å². The van der Waals surface area contributed by atoms with E-state index >= 15 is 0 Å². The van der Waals surface area contributed by atoms with E-state index in [9.17, 15) is 13.2 Å². The number of benzene rings is 2. The lowest BCUT2D eigenvalue weighted by Crippen LogP contribution is -2.36. The predicted octanol–water partition coefficient (Wildman–Crippen LogP) is 3.95. The molecule has 2 aromatic carbocycles. The summed E-state index contributed by atoms with van der Waals surface area (Å²) in [5.41, 5.74) is 4.65. The lowest BCUT2D eigenvalue weighted by atomic mass is 10.0. The molecule has 8 nitrogen and oxygen atoms in total. The average molecular weight is 496 g/mol. The van der Waals surface area contributed by atoms with E-state index in [0.29, 0.717) is 31.4 Å². The summed E-state index contributed by atoms with van der Waals surface area (Å²) in [6.07, 6.45) is 2.89. The van der Waals surface area contributed by atoms with Crippen molar-refractivity contribution in [3.8, 4) is 17.0 Å². The number of aryl methyl sites for hydroxylation is 1. The van der Waals surface area contributed by atoms with E-state index in [1.54, 1.807) is 18.3 Å². The molecule has 184 valence electrons. The Hall–Kier alpha value is -3.43. The number of nitrogens with one attached hydrogen (secondary N) is 1. The van der Waals surface area contributed by atoms with Gasteiger partial charge in [-0.15, -0.1) is 0 Å². The molecule has 0 saturated carbocycles. The highest BCUT2D eigenvalue weighted by molar-refractivity contribution is 7.90. The van der Waals surface area contributed by atoms with Gasteiger partial charge in [-0.25, -0.2) is 13.4 Å². The van der Waals surface area contributed by atoms with Gasteiger partial charge in [-0.1, -0.05) is 12.1 Å². The number of morpholine rings is 1. The summed E-state index contributed by atoms with van der Waals surface area (Å²) in [5, 5.41) is 2.88. The smallest absolute Gasteiger partial charge is 0.255 e. The number of carbonyl (C=O) groups excluding carboxylic acids is 1. The van der Waals surface area contributed by atoms with Crippen molar-refractivity contribution in [1.82, 2.24) is 4.98 Å². The second-order valence-corrected chi connectivity index (χ2v) is 10.4. The van der Waals surface area contributed by atoms with Crippen LogP contribution < -0.4 is 15.0 Å². The van der Waals surface area contributed by atoms with Crippen LogP contribution in [0.5, 0.6) is 5.88 Å². The molecule has 2 heterocycles. The van der Waals surface area contributed by atoms with Crippen molar-refractivity contribution in [3.63, 3.8) is 0 Å². The number of ether oxygens (including phenoxy) is 2. The van der Waals surface area contributed by atoms with Gasteiger partial charge in [-0.3, -0.25) is 4.79 Å². The third-order valence-corrected chi connectivity index (χ3v) is 6.91. The van der Waals surface area contributed by atoms with Crippen LogP contribution in [0.4, 0.5) is 11.4 Å². The molecule has 0 bridgehead atoms. The molecular formula is C26H29N3O5S. The molecule has 35 heavy (non-hydrogen) atoms. The molecule has 1 amide bonds. The first-order valence-corrected chi connectivity index (χ1v) is 13.3. The summed E-state index contributed by atoms with van der Waals surface area (Å²) >= 11 is 0. The topological polar surface area (TPSA) is 97.8 Å². The maximum atomic E-state index is 12.8. The number of carbonyl (C=O) groups is 1. The number of aromatic nitrogens is 1. The zero-order valence-electron chi connectivity index (χ0n) is 20.1. The molecule has 4 rings (SSSR count). The normalized spacial score (nSPS) is 14.0. The first-order chi connectivity index (χ1) is 16.8. The lowest BCUT2D eigenvalue weighted by molar-refractivity contribution is 0.102. The van der Waals surface area contributed by atoms with Crippen LogP contribution >= 0.6 is 0 Å². The molecule has 3 aromatic rings. The van der Waals surface area contributed by atoms with Gasteiger partial charge in [0.15, 0.2) is 9.84 Å². The molecule has 1 saturated heterocycles. The molecule has 0 aliphatic carbocycles. The van der Waals surface area contributed by atoms with Crippen LogP contribution in [-0.4, -0.2) is 58.5 Å². The van der Waals surface area contributed by atoms with Crippen molar-refractivity contribution >= 4 is 27.1 Å². The highest BCUT2D eigenvalue weighted by Gasteiger charge is 2.19. The maximum absolute atomic E-state index is 12.8. The van der Waals surface area contributed by atoms with Gasteiger partial charge in [0.1, 0.15) is 5.69 Å². The summed E-state index contributed by atoms with van der Waals surface area (Å²) < 4.78 is 35.0. The standard InChI is InChI=1S/C26H29N3O5S/c1-4-34-26-24(29-10-12-33-13-11-29)15-20(17-27-26)23-16-21(9-8-18(23)2)28-25(30)19-6-5-7-22(14-19)35(3,31)32/h5-9,14-17H,4,10-13H2,1-3H3,(H,28,30). The van der Waals surface area contributed by atoms with Crippen LogP contribution in [-0.2, 0) is 14.6 Å². The molecule has 1 aromatic heterocycles. The van der Waals surface area contributed by atoms with Gasteiger partial charge >= 0.3 is 0 Å². The number of pyridine rings is 1. The summed E-state index contributed by atoms with van der Waals surface area (Å²) in [5.74, 6) is 0.204. The van der Waals surface area contributed by atoms with Crippen LogP contribution in [0.1, 0.15) is 22.8 Å². The number of amides is 1. The predicted molar refractivity (Wildman–Crippen MR) is 136 cm³/mol. The van der Waals surface area contributed by atoms with E-state index in [1.165, 1.54) is 12.1 Å². The second kappa shape index (κ2) is 10.5. The van der Waals surface area contributed by atoms with Crippen molar-refractivity contribution in [1.29, 1.82) is 0 Å². The van der Waals surface area contributed by atoms with Crippen LogP contribution in [0.15, 0.2) is 59.6 Å². The Morgan fingerprint density at radius 3 is 2.63 bits per heavy atom. The van der Waals surface area contributed by atoms with Crippen molar-refractivity contribution in [2.24, 2.45) is 0 Å². The Labute approximate surface area is 205 Å². The van der Waals surface area contributed by atoms with E-state index in [1.807, 2.05) is 32.0 Å². The average Bonchev–Trinajstić information content (AvgIpc) is 2.86. The van der Waals surface area contributed by atoms with Crippen molar-refractivity contribution in [2.45, 2.75) is 18.7 Å². The summed E-state index contributed by atoms with van der Waals surface area (Å²) in [6, 6.07) is 13.7. The molecule has 1 aliphatic rings. The molecule has 0 atom stereocenters. The monoisotopic (exact) mass is 495 g/mol. The SMILES string of the molecule is CCOc1ncc(-c2cc(NC(=O)c3cccc(S(C)(=O)=O)c3)ccc2C)cc1N1CCOCC1. The molecule has 0 radical (unpaired) electrons. The minimum atomic E-state index is -3.41. The van der Waals surface area contributed by atoms with Gasteiger partial charge in [-0.2, -0.15) is 0 Å². The first kappa shape index (κ1) is 24.7. The second-order valence-electron chi connectivity index (χ2n) is 8.36. The van der Waals surface area contributed by atoms with E-state index in [0.717, 1.165) is 41.7 Å². The Morgan fingerprint density at radius 2 is 1.91 bits per heavy atom. The quantitative estimate of drug-likeness (QED) is 0.530. The van der Waals surface area contributed by atoms with Gasteiger partial charge < -0.3 is 19.7 Å². The number of nitrogens with zero attached hydrogens (tertiary/aromatic N) is 2. The Kier molecular flexibility index (Phi) is 7.37. The fraction of sp³-hybridized carbons (Fsp3) is 0.308. The third-order valence-electron chi connectivity index (χ3n) is 5.80. The van der Waals surface area contributed by atoms with Crippen LogP contribution in [0.3, 0.4) is 0 Å². The van der Waals surface area contributed by atoms with Gasteiger partial charge in [0.05, 0.1) is 24.7 Å². The van der Waals surface area contributed by atoms with Crippen molar-refractivity contribution in [2.75, 3.05) is 49.4 Å².